The van der Waals surface area contributed by atoms with Crippen LogP contribution in [0.2, 0.25) is 0 Å². The quantitative estimate of drug-likeness (QED) is 0.168. The molecule has 0 atom stereocenters. The normalized spacial score (nSPS) is 15.5. The standard InChI is InChI=1S/C36H35F7N2O3S/c1-5-48-31(47)14-22-8-6-21(7-9-22)13-29-28(18-44)32(33(49-29)27-11-10-26(37)12-20(27)2)45-19-30(46)34(3,4)23-15-24(35(38,39)40)17-25(16-23)36(41,42)43/h10-13,15-17,22,45H,5-9,14,19H2,1-4H3. The Morgan fingerprint density at radius 1 is 1.00 bits per heavy atom. The molecule has 3 aromatic rings. The van der Waals surface area contributed by atoms with E-state index in [0.717, 1.165) is 18.4 Å². The van der Waals surface area contributed by atoms with Crippen LogP contribution in [0.4, 0.5) is 36.4 Å². The van der Waals surface area contributed by atoms with Crippen LogP contribution in [0.15, 0.2) is 42.0 Å². The van der Waals surface area contributed by atoms with Gasteiger partial charge in [-0.25, -0.2) is 4.39 Å². The molecule has 1 N–H and O–H groups in total. The number of esters is 1. The average Bonchev–Trinajstić information content (AvgIpc) is 3.36. The minimum Gasteiger partial charge on any atom is -0.466 e. The van der Waals surface area contributed by atoms with Gasteiger partial charge in [0.15, 0.2) is 5.78 Å². The first kappa shape index (κ1) is 37.6. The van der Waals surface area contributed by atoms with Gasteiger partial charge in [-0.1, -0.05) is 11.6 Å². The van der Waals surface area contributed by atoms with E-state index in [1.165, 1.54) is 43.4 Å². The molecule has 1 saturated carbocycles. The molecule has 1 aromatic heterocycles. The minimum absolute atomic E-state index is 0.00701. The van der Waals surface area contributed by atoms with Gasteiger partial charge in [0.05, 0.1) is 45.8 Å². The van der Waals surface area contributed by atoms with E-state index < -0.39 is 52.6 Å². The van der Waals surface area contributed by atoms with Crippen LogP contribution in [0.3, 0.4) is 0 Å². The maximum absolute atomic E-state index is 14.0. The van der Waals surface area contributed by atoms with Gasteiger partial charge in [0.2, 0.25) is 0 Å². The van der Waals surface area contributed by atoms with Crippen LogP contribution in [-0.2, 0) is 32.1 Å². The van der Waals surface area contributed by atoms with Crippen LogP contribution in [0, 0.1) is 30.0 Å². The molecular formula is C36H35F7N2O3S. The number of carbonyl (C=O) groups excluding carboxylic acids is 2. The van der Waals surface area contributed by atoms with Gasteiger partial charge in [0, 0.05) is 11.3 Å². The van der Waals surface area contributed by atoms with Gasteiger partial charge in [-0.3, -0.25) is 9.59 Å². The molecule has 0 unspecified atom stereocenters. The highest BCUT2D eigenvalue weighted by Gasteiger charge is 2.40. The van der Waals surface area contributed by atoms with Crippen molar-refractivity contribution in [3.8, 4) is 16.5 Å². The van der Waals surface area contributed by atoms with Crippen LogP contribution in [0.5, 0.6) is 0 Å². The largest absolute Gasteiger partial charge is 0.466 e. The van der Waals surface area contributed by atoms with E-state index in [0.29, 0.717) is 58.9 Å². The number of ketones is 1. The van der Waals surface area contributed by atoms with E-state index in [9.17, 15) is 45.6 Å². The lowest BCUT2D eigenvalue weighted by atomic mass is 9.79. The number of carbonyl (C=O) groups is 2. The summed E-state index contributed by atoms with van der Waals surface area (Å²) in [6, 6.07) is 7.36. The Morgan fingerprint density at radius 3 is 2.12 bits per heavy atom. The van der Waals surface area contributed by atoms with Crippen LogP contribution < -0.4 is 5.32 Å². The molecule has 1 aliphatic carbocycles. The SMILES string of the molecule is CCOC(=O)CC1CCC(=Cc2sc(-c3ccc(F)cc3C)c(NCC(=O)C(C)(C)c3cc(C(F)(F)F)cc(C(F)(F)F)c3)c2C#N)CC1. The number of thiophene rings is 1. The Hall–Kier alpha value is -4.18. The molecule has 1 fully saturated rings. The van der Waals surface area contributed by atoms with Gasteiger partial charge in [-0.2, -0.15) is 31.6 Å². The summed E-state index contributed by atoms with van der Waals surface area (Å²) in [4.78, 5) is 26.6. The molecule has 0 saturated heterocycles. The number of Topliss-reactive ketones (excluding diaryl/α,β-unsaturated/α-hetero) is 1. The van der Waals surface area contributed by atoms with E-state index in [1.807, 2.05) is 6.08 Å². The highest BCUT2D eigenvalue weighted by atomic mass is 32.1. The van der Waals surface area contributed by atoms with Gasteiger partial charge < -0.3 is 10.1 Å². The monoisotopic (exact) mass is 708 g/mol. The molecule has 262 valence electrons. The van der Waals surface area contributed by atoms with Crippen molar-refractivity contribution >= 4 is 34.9 Å². The fourth-order valence-corrected chi connectivity index (χ4v) is 7.12. The van der Waals surface area contributed by atoms with Crippen LogP contribution >= 0.6 is 11.3 Å². The molecule has 0 bridgehead atoms. The number of benzene rings is 2. The third kappa shape index (κ3) is 8.90. The summed E-state index contributed by atoms with van der Waals surface area (Å²) in [6.07, 6.45) is -5.08. The first-order valence-electron chi connectivity index (χ1n) is 15.6. The van der Waals surface area contributed by atoms with Crippen molar-refractivity contribution in [2.45, 2.75) is 77.6 Å². The van der Waals surface area contributed by atoms with Gasteiger partial charge in [0.25, 0.3) is 0 Å². The Bertz CT molecular complexity index is 1760. The maximum atomic E-state index is 14.0. The van der Waals surface area contributed by atoms with Crippen molar-refractivity contribution in [3.05, 3.63) is 80.5 Å². The molecule has 0 aliphatic heterocycles. The molecular weight excluding hydrogens is 673 g/mol. The van der Waals surface area contributed by atoms with Crippen molar-refractivity contribution in [2.75, 3.05) is 18.5 Å². The van der Waals surface area contributed by atoms with E-state index in [4.69, 9.17) is 4.74 Å². The second kappa shape index (κ2) is 14.7. The zero-order valence-corrected chi connectivity index (χ0v) is 28.1. The molecule has 0 radical (unpaired) electrons. The van der Waals surface area contributed by atoms with E-state index in [-0.39, 0.29) is 29.2 Å². The molecule has 0 spiro atoms. The second-order valence-electron chi connectivity index (χ2n) is 12.6. The molecule has 49 heavy (non-hydrogen) atoms. The summed E-state index contributed by atoms with van der Waals surface area (Å²) in [5.41, 5.74) is -2.72. The maximum Gasteiger partial charge on any atom is 0.416 e. The number of nitrogens with zero attached hydrogens (tertiary/aromatic N) is 1. The summed E-state index contributed by atoms with van der Waals surface area (Å²) in [5.74, 6) is -1.28. The molecule has 1 aliphatic rings. The number of anilines is 1. The number of ether oxygens (including phenoxy) is 1. The van der Waals surface area contributed by atoms with Gasteiger partial charge >= 0.3 is 18.3 Å². The van der Waals surface area contributed by atoms with Crippen molar-refractivity contribution in [1.29, 1.82) is 5.26 Å². The predicted octanol–water partition coefficient (Wildman–Crippen LogP) is 10.3. The number of allylic oxidation sites excluding steroid dienone is 1. The summed E-state index contributed by atoms with van der Waals surface area (Å²) in [6.45, 7) is 5.69. The third-order valence-electron chi connectivity index (χ3n) is 8.76. The van der Waals surface area contributed by atoms with Gasteiger partial charge in [-0.05, 0) is 112 Å². The van der Waals surface area contributed by atoms with Crippen molar-refractivity contribution in [3.63, 3.8) is 0 Å². The molecule has 4 rings (SSSR count). The minimum atomic E-state index is -5.08. The lowest BCUT2D eigenvalue weighted by molar-refractivity contribution is -0.145. The highest BCUT2D eigenvalue weighted by Crippen LogP contribution is 2.45. The lowest BCUT2D eigenvalue weighted by Gasteiger charge is -2.26. The number of hydrogen-bond donors (Lipinski definition) is 1. The summed E-state index contributed by atoms with van der Waals surface area (Å²) < 4.78 is 101. The first-order chi connectivity index (χ1) is 22.8. The first-order valence-corrected chi connectivity index (χ1v) is 16.4. The molecule has 13 heteroatoms. The number of alkyl halides is 6. The summed E-state index contributed by atoms with van der Waals surface area (Å²) >= 11 is 1.24. The Kier molecular flexibility index (Phi) is 11.3. The molecule has 1 heterocycles. The van der Waals surface area contributed by atoms with Gasteiger partial charge in [-0.15, -0.1) is 11.3 Å². The number of halogens is 7. The van der Waals surface area contributed by atoms with Crippen molar-refractivity contribution in [1.82, 2.24) is 0 Å². The summed E-state index contributed by atoms with van der Waals surface area (Å²) in [5, 5.41) is 13.2. The van der Waals surface area contributed by atoms with Crippen LogP contribution in [0.25, 0.3) is 16.5 Å². The summed E-state index contributed by atoms with van der Waals surface area (Å²) in [7, 11) is 0. The highest BCUT2D eigenvalue weighted by molar-refractivity contribution is 7.17. The fraction of sp³-hybridized carbons (Fsp3) is 0.417. The van der Waals surface area contributed by atoms with E-state index in [1.54, 1.807) is 13.8 Å². The number of nitriles is 1. The number of nitrogens with one attached hydrogen (secondary N) is 1. The van der Waals surface area contributed by atoms with Crippen LogP contribution in [-0.4, -0.2) is 24.9 Å². The van der Waals surface area contributed by atoms with Gasteiger partial charge in [0.1, 0.15) is 11.9 Å². The van der Waals surface area contributed by atoms with Crippen molar-refractivity contribution in [2.24, 2.45) is 5.92 Å². The second-order valence-corrected chi connectivity index (χ2v) is 13.6. The fourth-order valence-electron chi connectivity index (χ4n) is 5.81. The Labute approximate surface area is 283 Å². The molecule has 0 amide bonds. The average molecular weight is 709 g/mol. The Morgan fingerprint density at radius 2 is 1.59 bits per heavy atom. The zero-order chi connectivity index (χ0) is 36.3. The molecule has 2 aromatic carbocycles. The number of aryl methyl sites for hydroxylation is 1. The third-order valence-corrected chi connectivity index (χ3v) is 9.93. The predicted molar refractivity (Wildman–Crippen MR) is 173 cm³/mol. The molecule has 5 nitrogen and oxygen atoms in total. The number of hydrogen-bond acceptors (Lipinski definition) is 6. The number of rotatable bonds is 10. The zero-order valence-electron chi connectivity index (χ0n) is 27.3. The smallest absolute Gasteiger partial charge is 0.416 e. The van der Waals surface area contributed by atoms with Crippen molar-refractivity contribution < 1.29 is 45.1 Å². The Balaban J connectivity index is 1.68. The van der Waals surface area contributed by atoms with Crippen LogP contribution in [0.1, 0.15) is 85.6 Å². The lowest BCUT2D eigenvalue weighted by Crippen LogP contribution is -2.35. The van der Waals surface area contributed by atoms with E-state index in [2.05, 4.69) is 11.4 Å². The topological polar surface area (TPSA) is 79.2 Å². The van der Waals surface area contributed by atoms with E-state index >= 15 is 0 Å².